The third-order valence-electron chi connectivity index (χ3n) is 3.07. The third kappa shape index (κ3) is 1.77. The Morgan fingerprint density at radius 1 is 1.43 bits per heavy atom. The van der Waals surface area contributed by atoms with E-state index >= 15 is 0 Å². The number of nitrogens with zero attached hydrogens (tertiary/aromatic N) is 1. The average molecular weight is 198 g/mol. The second kappa shape index (κ2) is 3.87. The Hall–Kier alpha value is -0.610. The summed E-state index contributed by atoms with van der Waals surface area (Å²) < 4.78 is 0. The first-order valence-electron chi connectivity index (χ1n) is 5.42. The minimum absolute atomic E-state index is 0.106. The van der Waals surface area contributed by atoms with Gasteiger partial charge in [0.15, 0.2) is 0 Å². The van der Waals surface area contributed by atoms with Gasteiger partial charge in [0.25, 0.3) is 5.91 Å². The lowest BCUT2D eigenvalue weighted by atomic mass is 9.99. The van der Waals surface area contributed by atoms with E-state index in [1.165, 1.54) is 0 Å². The number of hydrogen-bond acceptors (Lipinski definition) is 3. The van der Waals surface area contributed by atoms with Gasteiger partial charge in [0.05, 0.1) is 12.1 Å². The molecular formula is C10H18N2O2. The van der Waals surface area contributed by atoms with Crippen LogP contribution in [0.25, 0.3) is 0 Å². The molecule has 2 aliphatic rings. The summed E-state index contributed by atoms with van der Waals surface area (Å²) in [6, 6.07) is 0. The molecule has 2 rings (SSSR count). The molecule has 1 N–H and O–H groups in total. The summed E-state index contributed by atoms with van der Waals surface area (Å²) in [5.74, 6) is 0.106. The summed E-state index contributed by atoms with van der Waals surface area (Å²) in [5.41, 5.74) is -0.378. The first-order chi connectivity index (χ1) is 6.72. The van der Waals surface area contributed by atoms with Crippen LogP contribution in [0, 0.1) is 0 Å². The van der Waals surface area contributed by atoms with Crippen LogP contribution in [0.1, 0.15) is 32.6 Å². The molecule has 2 aliphatic heterocycles. The van der Waals surface area contributed by atoms with Crippen molar-refractivity contribution in [3.8, 4) is 0 Å². The van der Waals surface area contributed by atoms with Crippen molar-refractivity contribution < 1.29 is 9.63 Å². The molecule has 0 aromatic heterocycles. The van der Waals surface area contributed by atoms with Crippen molar-refractivity contribution in [2.75, 3.05) is 19.7 Å². The van der Waals surface area contributed by atoms with E-state index in [1.807, 2.05) is 6.92 Å². The summed E-state index contributed by atoms with van der Waals surface area (Å²) in [6.45, 7) is 4.34. The Balaban J connectivity index is 1.98. The Bertz CT molecular complexity index is 218. The van der Waals surface area contributed by atoms with Crippen LogP contribution in [0.5, 0.6) is 0 Å². The molecule has 1 amide bonds. The van der Waals surface area contributed by atoms with E-state index in [0.717, 1.165) is 38.8 Å². The minimum Gasteiger partial charge on any atom is -0.303 e. The van der Waals surface area contributed by atoms with Crippen LogP contribution in [0.3, 0.4) is 0 Å². The van der Waals surface area contributed by atoms with Gasteiger partial charge in [-0.2, -0.15) is 0 Å². The Morgan fingerprint density at radius 2 is 2.29 bits per heavy atom. The van der Waals surface area contributed by atoms with E-state index in [9.17, 15) is 4.79 Å². The summed E-state index contributed by atoms with van der Waals surface area (Å²) in [5, 5.41) is 4.80. The number of rotatable bonds is 1. The zero-order chi connectivity index (χ0) is 10.0. The highest BCUT2D eigenvalue weighted by atomic mass is 16.7. The molecule has 4 nitrogen and oxygen atoms in total. The average Bonchev–Trinajstić information content (AvgIpc) is 2.67. The monoisotopic (exact) mass is 198 g/mol. The van der Waals surface area contributed by atoms with E-state index in [2.05, 4.69) is 5.32 Å². The fourth-order valence-corrected chi connectivity index (χ4v) is 2.11. The van der Waals surface area contributed by atoms with Crippen molar-refractivity contribution in [2.45, 2.75) is 38.1 Å². The van der Waals surface area contributed by atoms with Gasteiger partial charge in [-0.15, -0.1) is 0 Å². The number of amides is 1. The van der Waals surface area contributed by atoms with Crippen molar-refractivity contribution in [1.82, 2.24) is 10.4 Å². The predicted molar refractivity (Wildman–Crippen MR) is 52.5 cm³/mol. The van der Waals surface area contributed by atoms with Crippen molar-refractivity contribution >= 4 is 5.91 Å². The molecule has 2 heterocycles. The van der Waals surface area contributed by atoms with Crippen molar-refractivity contribution in [3.05, 3.63) is 0 Å². The number of carbonyl (C=O) groups is 1. The molecule has 80 valence electrons. The predicted octanol–water partition coefficient (Wildman–Crippen LogP) is 0.682. The highest BCUT2D eigenvalue weighted by Gasteiger charge is 2.39. The van der Waals surface area contributed by atoms with Gasteiger partial charge in [-0.25, -0.2) is 5.06 Å². The zero-order valence-electron chi connectivity index (χ0n) is 8.71. The highest BCUT2D eigenvalue weighted by molar-refractivity contribution is 5.85. The lowest BCUT2D eigenvalue weighted by Crippen LogP contribution is -2.53. The molecule has 4 heteroatoms. The largest absolute Gasteiger partial charge is 0.303 e. The van der Waals surface area contributed by atoms with Gasteiger partial charge in [0.2, 0.25) is 0 Å². The van der Waals surface area contributed by atoms with E-state index in [0.29, 0.717) is 6.61 Å². The maximum absolute atomic E-state index is 12.1. The molecule has 0 aromatic rings. The van der Waals surface area contributed by atoms with Crippen LogP contribution in [0.2, 0.25) is 0 Å². The van der Waals surface area contributed by atoms with E-state index in [-0.39, 0.29) is 11.4 Å². The second-order valence-electron chi connectivity index (χ2n) is 4.31. The Kier molecular flexibility index (Phi) is 2.74. The second-order valence-corrected chi connectivity index (χ2v) is 4.31. The SMILES string of the molecule is CC1(C(=O)N2CCCCO2)CCCN1. The number of hydroxylamine groups is 2. The zero-order valence-corrected chi connectivity index (χ0v) is 8.71. The molecule has 14 heavy (non-hydrogen) atoms. The van der Waals surface area contributed by atoms with E-state index in [4.69, 9.17) is 4.84 Å². The molecule has 0 aromatic carbocycles. The number of hydrogen-bond donors (Lipinski definition) is 1. The lowest BCUT2D eigenvalue weighted by Gasteiger charge is -2.33. The third-order valence-corrected chi connectivity index (χ3v) is 3.07. The number of carbonyl (C=O) groups excluding carboxylic acids is 1. The quantitative estimate of drug-likeness (QED) is 0.673. The maximum Gasteiger partial charge on any atom is 0.266 e. The van der Waals surface area contributed by atoms with Gasteiger partial charge in [0.1, 0.15) is 0 Å². The molecular weight excluding hydrogens is 180 g/mol. The van der Waals surface area contributed by atoms with E-state index < -0.39 is 0 Å². The molecule has 0 radical (unpaired) electrons. The van der Waals surface area contributed by atoms with Gasteiger partial charge >= 0.3 is 0 Å². The fraction of sp³-hybridized carbons (Fsp3) is 0.900. The minimum atomic E-state index is -0.378. The van der Waals surface area contributed by atoms with Crippen molar-refractivity contribution in [2.24, 2.45) is 0 Å². The molecule has 2 saturated heterocycles. The van der Waals surface area contributed by atoms with E-state index in [1.54, 1.807) is 5.06 Å². The highest BCUT2D eigenvalue weighted by Crippen LogP contribution is 2.22. The first-order valence-corrected chi connectivity index (χ1v) is 5.42. The molecule has 0 bridgehead atoms. The van der Waals surface area contributed by atoms with Crippen LogP contribution in [-0.2, 0) is 9.63 Å². The van der Waals surface area contributed by atoms with Crippen LogP contribution in [-0.4, -0.2) is 36.2 Å². The van der Waals surface area contributed by atoms with Crippen LogP contribution in [0.15, 0.2) is 0 Å². The fourth-order valence-electron chi connectivity index (χ4n) is 2.11. The molecule has 0 saturated carbocycles. The molecule has 2 fully saturated rings. The molecule has 0 spiro atoms. The van der Waals surface area contributed by atoms with Crippen LogP contribution < -0.4 is 5.32 Å². The Labute approximate surface area is 84.6 Å². The molecule has 0 aliphatic carbocycles. The Morgan fingerprint density at radius 3 is 2.86 bits per heavy atom. The maximum atomic E-state index is 12.1. The van der Waals surface area contributed by atoms with Gasteiger partial charge in [-0.1, -0.05) is 0 Å². The summed E-state index contributed by atoms with van der Waals surface area (Å²) in [4.78, 5) is 17.4. The lowest BCUT2D eigenvalue weighted by molar-refractivity contribution is -0.202. The standard InChI is InChI=1S/C10H18N2O2/c1-10(5-4-6-11-10)9(13)12-7-2-3-8-14-12/h11H,2-8H2,1H3. The van der Waals surface area contributed by atoms with Gasteiger partial charge < -0.3 is 5.32 Å². The van der Waals surface area contributed by atoms with Crippen LogP contribution >= 0.6 is 0 Å². The van der Waals surface area contributed by atoms with Crippen LogP contribution in [0.4, 0.5) is 0 Å². The van der Waals surface area contributed by atoms with Gasteiger partial charge in [-0.3, -0.25) is 9.63 Å². The summed E-state index contributed by atoms with van der Waals surface area (Å²) in [7, 11) is 0. The smallest absolute Gasteiger partial charge is 0.266 e. The topological polar surface area (TPSA) is 41.6 Å². The van der Waals surface area contributed by atoms with Gasteiger partial charge in [-0.05, 0) is 39.2 Å². The number of nitrogens with one attached hydrogen (secondary N) is 1. The van der Waals surface area contributed by atoms with Crippen molar-refractivity contribution in [1.29, 1.82) is 0 Å². The first kappa shape index (κ1) is 9.93. The van der Waals surface area contributed by atoms with Crippen molar-refractivity contribution in [3.63, 3.8) is 0 Å². The summed E-state index contributed by atoms with van der Waals surface area (Å²) in [6.07, 6.45) is 4.12. The molecule has 1 unspecified atom stereocenters. The normalized spacial score (nSPS) is 33.4. The summed E-state index contributed by atoms with van der Waals surface area (Å²) >= 11 is 0. The molecule has 1 atom stereocenters. The van der Waals surface area contributed by atoms with Gasteiger partial charge in [0, 0.05) is 6.54 Å².